The van der Waals surface area contributed by atoms with Crippen molar-refractivity contribution in [1.29, 1.82) is 0 Å². The van der Waals surface area contributed by atoms with Crippen molar-refractivity contribution in [2.24, 2.45) is 0 Å². The number of benzene rings is 11. The van der Waals surface area contributed by atoms with Crippen molar-refractivity contribution >= 4 is 65.4 Å². The summed E-state index contributed by atoms with van der Waals surface area (Å²) in [4.78, 5) is 16.6. The Morgan fingerprint density at radius 1 is 0.240 bits per heavy atom. The predicted molar refractivity (Wildman–Crippen MR) is 310 cm³/mol. The smallest absolute Gasteiger partial charge is 0.238 e. The van der Waals surface area contributed by atoms with E-state index >= 15 is 0 Å². The van der Waals surface area contributed by atoms with Crippen molar-refractivity contribution < 1.29 is 0 Å². The lowest BCUT2D eigenvalue weighted by Crippen LogP contribution is -2.07. The summed E-state index contributed by atoms with van der Waals surface area (Å²) in [6.45, 7) is 0. The van der Waals surface area contributed by atoms with E-state index in [1.807, 2.05) is 0 Å². The molecule has 15 aromatic rings. The Morgan fingerprint density at radius 3 is 1.29 bits per heavy atom. The molecule has 0 amide bonds. The fraction of sp³-hybridized carbons (Fsp3) is 0. The summed E-state index contributed by atoms with van der Waals surface area (Å²) in [5.74, 6) is 1.66. The lowest BCUT2D eigenvalue weighted by Gasteiger charge is -2.17. The van der Waals surface area contributed by atoms with Crippen LogP contribution in [0, 0.1) is 0 Å². The first-order chi connectivity index (χ1) is 37.2. The van der Waals surface area contributed by atoms with Crippen LogP contribution in [0.3, 0.4) is 0 Å². The quantitative estimate of drug-likeness (QED) is 0.152. The van der Waals surface area contributed by atoms with Crippen LogP contribution in [0.4, 0.5) is 0 Å². The molecule has 4 heterocycles. The van der Waals surface area contributed by atoms with Crippen molar-refractivity contribution in [1.82, 2.24) is 28.7 Å². The molecular formula is C69H44N6. The molecule has 0 N–H and O–H groups in total. The normalized spacial score (nSPS) is 11.7. The van der Waals surface area contributed by atoms with Crippen molar-refractivity contribution in [2.45, 2.75) is 0 Å². The Bertz CT molecular complexity index is 4610. The Hall–Kier alpha value is -10.2. The van der Waals surface area contributed by atoms with Crippen LogP contribution in [0.25, 0.3) is 139 Å². The number of rotatable bonds is 8. The summed E-state index contributed by atoms with van der Waals surface area (Å²) in [7, 11) is 0. The molecule has 350 valence electrons. The van der Waals surface area contributed by atoms with E-state index in [9.17, 15) is 0 Å². The topological polar surface area (TPSA) is 53.5 Å². The molecule has 75 heavy (non-hydrogen) atoms. The Kier molecular flexibility index (Phi) is 9.78. The molecule has 0 saturated heterocycles. The van der Waals surface area contributed by atoms with E-state index in [1.54, 1.807) is 0 Å². The fourth-order valence-corrected chi connectivity index (χ4v) is 11.6. The highest BCUT2D eigenvalue weighted by Crippen LogP contribution is 2.42. The molecule has 0 bridgehead atoms. The first-order valence-electron chi connectivity index (χ1n) is 25.4. The van der Waals surface area contributed by atoms with Crippen molar-refractivity contribution in [3.05, 3.63) is 267 Å². The van der Waals surface area contributed by atoms with Crippen LogP contribution in [-0.4, -0.2) is 28.7 Å². The van der Waals surface area contributed by atoms with E-state index in [4.69, 9.17) is 15.0 Å². The molecular weight excluding hydrogens is 913 g/mol. The van der Waals surface area contributed by atoms with Crippen LogP contribution in [0.15, 0.2) is 267 Å². The maximum atomic E-state index is 5.59. The Balaban J connectivity index is 1.01. The lowest BCUT2D eigenvalue weighted by molar-refractivity contribution is 0.953. The summed E-state index contributed by atoms with van der Waals surface area (Å²) in [5.41, 5.74) is 17.1. The number of hydrogen-bond acceptors (Lipinski definition) is 3. The van der Waals surface area contributed by atoms with Gasteiger partial charge in [0.1, 0.15) is 0 Å². The van der Waals surface area contributed by atoms with Gasteiger partial charge in [-0.2, -0.15) is 9.97 Å². The van der Waals surface area contributed by atoms with Crippen molar-refractivity contribution in [3.8, 4) is 73.5 Å². The van der Waals surface area contributed by atoms with Gasteiger partial charge < -0.3 is 9.13 Å². The monoisotopic (exact) mass is 956 g/mol. The van der Waals surface area contributed by atoms with Gasteiger partial charge in [-0.05, 0) is 76.9 Å². The molecule has 0 aliphatic heterocycles. The van der Waals surface area contributed by atoms with Gasteiger partial charge in [-0.25, -0.2) is 4.98 Å². The molecule has 0 aliphatic rings. The van der Waals surface area contributed by atoms with E-state index in [-0.39, 0.29) is 0 Å². The van der Waals surface area contributed by atoms with Gasteiger partial charge >= 0.3 is 0 Å². The second-order valence-electron chi connectivity index (χ2n) is 19.2. The second-order valence-corrected chi connectivity index (χ2v) is 19.2. The standard InChI is InChI=1S/C69H44N6/c1-3-20-45(21-4-1)47-24-17-25-48(42-47)52-41-40-50(44-65(52)74-62-37-14-9-30-56(62)57-31-10-15-38-63(57)74)68-70-67(49-26-18-27-51(43-49)73-60-35-12-7-28-54(60)55-29-8-13-36-61(55)73)71-69(72-68)75-64-39-16-11-32-58(64)59-34-19-33-53(66(59)75)46-22-5-2-6-23-46/h1-44H. The molecule has 15 rings (SSSR count). The minimum Gasteiger partial charge on any atom is -0.309 e. The van der Waals surface area contributed by atoms with Gasteiger partial charge in [-0.1, -0.05) is 212 Å². The van der Waals surface area contributed by atoms with Crippen LogP contribution in [0.2, 0.25) is 0 Å². The van der Waals surface area contributed by atoms with E-state index in [0.717, 1.165) is 94.2 Å². The minimum atomic E-state index is 0.532. The van der Waals surface area contributed by atoms with Gasteiger partial charge in [0.2, 0.25) is 5.95 Å². The largest absolute Gasteiger partial charge is 0.309 e. The predicted octanol–water partition coefficient (Wildman–Crippen LogP) is 17.5. The summed E-state index contributed by atoms with van der Waals surface area (Å²) in [6, 6.07) is 95.2. The summed E-state index contributed by atoms with van der Waals surface area (Å²) in [5, 5.41) is 7.04. The third-order valence-electron chi connectivity index (χ3n) is 14.9. The average molecular weight is 957 g/mol. The second kappa shape index (κ2) is 17.3. The van der Waals surface area contributed by atoms with Gasteiger partial charge in [-0.15, -0.1) is 0 Å². The number of aromatic nitrogens is 6. The number of hydrogen-bond donors (Lipinski definition) is 0. The number of fused-ring (bicyclic) bond motifs is 9. The Morgan fingerprint density at radius 2 is 0.680 bits per heavy atom. The average Bonchev–Trinajstić information content (AvgIpc) is 4.15. The molecule has 6 nitrogen and oxygen atoms in total. The molecule has 11 aromatic carbocycles. The SMILES string of the molecule is c1ccc(-c2cccc(-c3ccc(-c4nc(-c5cccc(-n6c7ccccc7c7ccccc76)c5)nc(-n5c6ccccc6c6cccc(-c7ccccc7)c65)n4)cc3-n3c4ccccc4c4ccccc43)c2)cc1. The zero-order valence-electron chi connectivity index (χ0n) is 40.6. The maximum Gasteiger partial charge on any atom is 0.238 e. The van der Waals surface area contributed by atoms with Gasteiger partial charge in [0.15, 0.2) is 11.6 Å². The first kappa shape index (κ1) is 42.5. The van der Waals surface area contributed by atoms with E-state index in [1.165, 1.54) is 27.1 Å². The molecule has 0 radical (unpaired) electrons. The van der Waals surface area contributed by atoms with Crippen molar-refractivity contribution in [3.63, 3.8) is 0 Å². The van der Waals surface area contributed by atoms with Crippen LogP contribution in [-0.2, 0) is 0 Å². The molecule has 0 unspecified atom stereocenters. The third kappa shape index (κ3) is 6.92. The van der Waals surface area contributed by atoms with E-state index in [2.05, 4.69) is 281 Å². The van der Waals surface area contributed by atoms with E-state index in [0.29, 0.717) is 17.6 Å². The van der Waals surface area contributed by atoms with Gasteiger partial charge in [0.25, 0.3) is 0 Å². The van der Waals surface area contributed by atoms with Gasteiger partial charge in [0.05, 0.1) is 38.8 Å². The van der Waals surface area contributed by atoms with Crippen LogP contribution in [0.1, 0.15) is 0 Å². The number of nitrogens with zero attached hydrogens (tertiary/aromatic N) is 6. The summed E-state index contributed by atoms with van der Waals surface area (Å²) < 4.78 is 7.01. The third-order valence-corrected chi connectivity index (χ3v) is 14.9. The number of para-hydroxylation sites is 6. The molecule has 0 fully saturated rings. The maximum absolute atomic E-state index is 5.59. The molecule has 0 saturated carbocycles. The minimum absolute atomic E-state index is 0.532. The van der Waals surface area contributed by atoms with E-state index < -0.39 is 0 Å². The van der Waals surface area contributed by atoms with Crippen LogP contribution in [0.5, 0.6) is 0 Å². The highest BCUT2D eigenvalue weighted by Gasteiger charge is 2.23. The summed E-state index contributed by atoms with van der Waals surface area (Å²) in [6.07, 6.45) is 0. The molecule has 0 aliphatic carbocycles. The highest BCUT2D eigenvalue weighted by molar-refractivity contribution is 6.14. The van der Waals surface area contributed by atoms with Crippen LogP contribution >= 0.6 is 0 Å². The molecule has 0 atom stereocenters. The lowest BCUT2D eigenvalue weighted by atomic mass is 9.96. The highest BCUT2D eigenvalue weighted by atomic mass is 15.2. The zero-order chi connectivity index (χ0) is 49.4. The summed E-state index contributed by atoms with van der Waals surface area (Å²) >= 11 is 0. The fourth-order valence-electron chi connectivity index (χ4n) is 11.6. The molecule has 4 aromatic heterocycles. The Labute approximate surface area is 432 Å². The van der Waals surface area contributed by atoms with Crippen LogP contribution < -0.4 is 0 Å². The molecule has 0 spiro atoms. The first-order valence-corrected chi connectivity index (χ1v) is 25.4. The van der Waals surface area contributed by atoms with Crippen molar-refractivity contribution in [2.75, 3.05) is 0 Å². The van der Waals surface area contributed by atoms with Gasteiger partial charge in [0, 0.05) is 60.3 Å². The zero-order valence-corrected chi connectivity index (χ0v) is 40.6. The van der Waals surface area contributed by atoms with Gasteiger partial charge in [-0.3, -0.25) is 4.57 Å². The molecule has 6 heteroatoms.